The second kappa shape index (κ2) is 8.13. The predicted molar refractivity (Wildman–Crippen MR) is 105 cm³/mol. The molecule has 2 aromatic rings. The fourth-order valence-electron chi connectivity index (χ4n) is 2.89. The van der Waals surface area contributed by atoms with Gasteiger partial charge >= 0.3 is 0 Å². The van der Waals surface area contributed by atoms with Gasteiger partial charge in [0, 0.05) is 30.1 Å². The van der Waals surface area contributed by atoms with Crippen molar-refractivity contribution in [1.29, 1.82) is 0 Å². The van der Waals surface area contributed by atoms with Crippen molar-refractivity contribution in [2.75, 3.05) is 20.3 Å². The van der Waals surface area contributed by atoms with E-state index in [4.69, 9.17) is 9.47 Å². The molecule has 138 valence electrons. The summed E-state index contributed by atoms with van der Waals surface area (Å²) in [6, 6.07) is 10.2. The highest BCUT2D eigenvalue weighted by molar-refractivity contribution is 7.12. The van der Waals surface area contributed by atoms with E-state index >= 15 is 0 Å². The van der Waals surface area contributed by atoms with Crippen molar-refractivity contribution in [2.45, 2.75) is 39.0 Å². The first-order valence-electron chi connectivity index (χ1n) is 8.80. The van der Waals surface area contributed by atoms with Gasteiger partial charge in [-0.2, -0.15) is 0 Å². The Morgan fingerprint density at radius 1 is 1.31 bits per heavy atom. The number of para-hydroxylation sites is 1. The Bertz CT molecular complexity index is 811. The minimum absolute atomic E-state index is 0.691. The molecule has 0 saturated heterocycles. The van der Waals surface area contributed by atoms with Crippen LogP contribution in [0, 0.1) is 11.8 Å². The molecule has 1 aromatic heterocycles. The highest BCUT2D eigenvalue weighted by Crippen LogP contribution is 2.33. The third-order valence-corrected chi connectivity index (χ3v) is 5.06. The Morgan fingerprint density at radius 3 is 2.92 bits per heavy atom. The highest BCUT2D eigenvalue weighted by Gasteiger charge is 2.18. The van der Waals surface area contributed by atoms with Gasteiger partial charge < -0.3 is 14.6 Å². The molecule has 0 radical (unpaired) electrons. The van der Waals surface area contributed by atoms with Gasteiger partial charge in [0.05, 0.1) is 18.6 Å². The third kappa shape index (κ3) is 5.01. The normalized spacial score (nSPS) is 15.1. The van der Waals surface area contributed by atoms with Crippen LogP contribution in [-0.2, 0) is 13.1 Å². The number of aliphatic hydroxyl groups is 1. The minimum Gasteiger partial charge on any atom is -0.493 e. The van der Waals surface area contributed by atoms with Crippen molar-refractivity contribution in [3.63, 3.8) is 0 Å². The zero-order chi connectivity index (χ0) is 18.6. The Hall–Kier alpha value is -2.00. The monoisotopic (exact) mass is 371 g/mol. The van der Waals surface area contributed by atoms with Crippen LogP contribution in [0.5, 0.6) is 11.5 Å². The summed E-state index contributed by atoms with van der Waals surface area (Å²) in [6.07, 6.45) is 0.980. The van der Waals surface area contributed by atoms with Crippen molar-refractivity contribution in [3.05, 3.63) is 45.6 Å². The fourth-order valence-corrected chi connectivity index (χ4v) is 3.80. The number of nitrogens with zero attached hydrogens (tertiary/aromatic N) is 1. The molecule has 1 aliphatic rings. The third-order valence-electron chi connectivity index (χ3n) is 4.07. The van der Waals surface area contributed by atoms with Crippen LogP contribution in [0.2, 0.25) is 0 Å². The summed E-state index contributed by atoms with van der Waals surface area (Å²) in [5, 5.41) is 9.74. The molecule has 1 N–H and O–H groups in total. The number of hydrogen-bond donors (Lipinski definition) is 1. The van der Waals surface area contributed by atoms with Gasteiger partial charge in [-0.25, -0.2) is 0 Å². The first-order valence-corrected chi connectivity index (χ1v) is 9.61. The summed E-state index contributed by atoms with van der Waals surface area (Å²) >= 11 is 1.69. The molecule has 0 saturated carbocycles. The van der Waals surface area contributed by atoms with Gasteiger partial charge in [-0.3, -0.25) is 4.90 Å². The molecule has 5 heteroatoms. The SMILES string of the molecule is COc1cccc2c1OCCCN(Cc1ccc(C#CC(C)(C)O)s1)C2. The maximum Gasteiger partial charge on any atom is 0.165 e. The standard InChI is InChI=1S/C21H25NO3S/c1-21(2,23)11-10-17-8-9-18(26-17)15-22-12-5-13-25-20-16(14-22)6-4-7-19(20)24-3/h4,6-9,23H,5,12-15H2,1-3H3. The lowest BCUT2D eigenvalue weighted by Crippen LogP contribution is -2.27. The topological polar surface area (TPSA) is 41.9 Å². The van der Waals surface area contributed by atoms with Gasteiger partial charge in [-0.1, -0.05) is 24.0 Å². The van der Waals surface area contributed by atoms with E-state index in [9.17, 15) is 5.11 Å². The summed E-state index contributed by atoms with van der Waals surface area (Å²) in [6.45, 7) is 6.78. The van der Waals surface area contributed by atoms with E-state index in [-0.39, 0.29) is 0 Å². The largest absolute Gasteiger partial charge is 0.493 e. The summed E-state index contributed by atoms with van der Waals surface area (Å²) in [7, 11) is 1.68. The highest BCUT2D eigenvalue weighted by atomic mass is 32.1. The molecule has 0 fully saturated rings. The van der Waals surface area contributed by atoms with Crippen LogP contribution in [0.3, 0.4) is 0 Å². The Kier molecular flexibility index (Phi) is 5.87. The lowest BCUT2D eigenvalue weighted by atomic mass is 10.1. The van der Waals surface area contributed by atoms with Crippen LogP contribution >= 0.6 is 11.3 Å². The minimum atomic E-state index is -0.962. The molecular formula is C21H25NO3S. The number of fused-ring (bicyclic) bond motifs is 1. The molecule has 0 spiro atoms. The summed E-state index contributed by atoms with van der Waals surface area (Å²) < 4.78 is 11.4. The van der Waals surface area contributed by atoms with E-state index in [0.717, 1.165) is 48.0 Å². The molecule has 0 unspecified atom stereocenters. The molecule has 4 nitrogen and oxygen atoms in total. The first-order chi connectivity index (χ1) is 12.4. The molecule has 3 rings (SSSR count). The number of benzene rings is 1. The molecule has 0 amide bonds. The summed E-state index contributed by atoms with van der Waals surface area (Å²) in [5.41, 5.74) is 0.193. The molecule has 2 heterocycles. The van der Waals surface area contributed by atoms with Crippen LogP contribution < -0.4 is 9.47 Å². The maximum atomic E-state index is 9.74. The first kappa shape index (κ1) is 18.8. The zero-order valence-electron chi connectivity index (χ0n) is 15.5. The van der Waals surface area contributed by atoms with Crippen LogP contribution in [0.1, 0.15) is 35.6 Å². The van der Waals surface area contributed by atoms with E-state index in [2.05, 4.69) is 28.9 Å². The summed E-state index contributed by atoms with van der Waals surface area (Å²) in [5.74, 6) is 7.59. The maximum absolute atomic E-state index is 9.74. The predicted octanol–water partition coefficient (Wildman–Crippen LogP) is 3.66. The van der Waals surface area contributed by atoms with E-state index in [1.165, 1.54) is 4.88 Å². The summed E-state index contributed by atoms with van der Waals surface area (Å²) in [4.78, 5) is 4.69. The van der Waals surface area contributed by atoms with Crippen molar-refractivity contribution in [3.8, 4) is 23.3 Å². The van der Waals surface area contributed by atoms with Gasteiger partial charge in [0.2, 0.25) is 0 Å². The molecule has 26 heavy (non-hydrogen) atoms. The average molecular weight is 372 g/mol. The Balaban J connectivity index is 1.73. The van der Waals surface area contributed by atoms with Gasteiger partial charge in [-0.15, -0.1) is 11.3 Å². The number of ether oxygens (including phenoxy) is 2. The van der Waals surface area contributed by atoms with E-state index in [0.29, 0.717) is 6.61 Å². The zero-order valence-corrected chi connectivity index (χ0v) is 16.4. The van der Waals surface area contributed by atoms with Crippen molar-refractivity contribution < 1.29 is 14.6 Å². The van der Waals surface area contributed by atoms with E-state index in [1.54, 1.807) is 32.3 Å². The van der Waals surface area contributed by atoms with Gasteiger partial charge in [0.15, 0.2) is 11.5 Å². The number of hydrogen-bond acceptors (Lipinski definition) is 5. The number of thiophene rings is 1. The van der Waals surface area contributed by atoms with Crippen molar-refractivity contribution in [2.24, 2.45) is 0 Å². The van der Waals surface area contributed by atoms with Gasteiger partial charge in [0.25, 0.3) is 0 Å². The van der Waals surface area contributed by atoms with Gasteiger partial charge in [0.1, 0.15) is 5.60 Å². The van der Waals surface area contributed by atoms with Crippen LogP contribution in [-0.4, -0.2) is 35.9 Å². The van der Waals surface area contributed by atoms with Crippen molar-refractivity contribution >= 4 is 11.3 Å². The number of rotatable bonds is 3. The Morgan fingerprint density at radius 2 is 2.15 bits per heavy atom. The molecule has 0 atom stereocenters. The smallest absolute Gasteiger partial charge is 0.165 e. The second-order valence-electron chi connectivity index (χ2n) is 6.94. The second-order valence-corrected chi connectivity index (χ2v) is 8.10. The fraction of sp³-hybridized carbons (Fsp3) is 0.429. The van der Waals surface area contributed by atoms with Crippen LogP contribution in [0.15, 0.2) is 30.3 Å². The lowest BCUT2D eigenvalue weighted by molar-refractivity contribution is 0.143. The Labute approximate surface area is 159 Å². The van der Waals surface area contributed by atoms with E-state index in [1.807, 2.05) is 18.2 Å². The molecular weight excluding hydrogens is 346 g/mol. The lowest BCUT2D eigenvalue weighted by Gasteiger charge is -2.26. The quantitative estimate of drug-likeness (QED) is 0.836. The average Bonchev–Trinajstić information content (AvgIpc) is 3.02. The van der Waals surface area contributed by atoms with Crippen molar-refractivity contribution in [1.82, 2.24) is 4.90 Å². The molecule has 1 aromatic carbocycles. The van der Waals surface area contributed by atoms with Gasteiger partial charge in [-0.05, 0) is 38.5 Å². The molecule has 0 aliphatic carbocycles. The number of methoxy groups -OCH3 is 1. The van der Waals surface area contributed by atoms with Crippen LogP contribution in [0.25, 0.3) is 0 Å². The van der Waals surface area contributed by atoms with E-state index < -0.39 is 5.60 Å². The van der Waals surface area contributed by atoms with Crippen LogP contribution in [0.4, 0.5) is 0 Å². The molecule has 0 bridgehead atoms. The molecule has 1 aliphatic heterocycles.